The fourth-order valence-electron chi connectivity index (χ4n) is 3.02. The van der Waals surface area contributed by atoms with Crippen LogP contribution in [0.2, 0.25) is 0 Å². The number of ether oxygens (including phenoxy) is 1. The summed E-state index contributed by atoms with van der Waals surface area (Å²) in [4.78, 5) is 11.8. The minimum atomic E-state index is -0.423. The first-order valence-electron chi connectivity index (χ1n) is 10.1. The molecule has 0 spiro atoms. The molecule has 0 saturated heterocycles. The minimum absolute atomic E-state index is 0.356. The van der Waals surface area contributed by atoms with E-state index >= 15 is 0 Å². The smallest absolute Gasteiger partial charge is 0.336 e. The highest BCUT2D eigenvalue weighted by Gasteiger charge is 2.07. The van der Waals surface area contributed by atoms with Crippen LogP contribution < -0.4 is 10.4 Å². The van der Waals surface area contributed by atoms with Crippen LogP contribution in [0.15, 0.2) is 68.9 Å². The van der Waals surface area contributed by atoms with Crippen LogP contribution in [0.4, 0.5) is 11.4 Å². The number of hydrogen-bond donors (Lipinski definition) is 0. The normalized spacial score (nSPS) is 11.7. The Hall–Kier alpha value is -3.15. The highest BCUT2D eigenvalue weighted by molar-refractivity contribution is 5.78. The Bertz CT molecular complexity index is 1010. The van der Waals surface area contributed by atoms with Gasteiger partial charge in [0.1, 0.15) is 17.0 Å². The molecule has 1 heterocycles. The summed E-state index contributed by atoms with van der Waals surface area (Å²) in [5, 5.41) is 17.1. The van der Waals surface area contributed by atoms with Crippen molar-refractivity contribution in [2.45, 2.75) is 45.4 Å². The maximum absolute atomic E-state index is 12.4. The zero-order valence-corrected chi connectivity index (χ0v) is 16.7. The molecule has 0 aliphatic rings. The molecule has 0 unspecified atom stereocenters. The molecule has 0 amide bonds. The van der Waals surface area contributed by atoms with E-state index in [4.69, 9.17) is 9.15 Å². The summed E-state index contributed by atoms with van der Waals surface area (Å²) in [6, 6.07) is 14.9. The molecule has 0 bridgehead atoms. The third kappa shape index (κ3) is 6.17. The molecule has 0 atom stereocenters. The molecule has 0 radical (unpaired) electrons. The van der Waals surface area contributed by atoms with Crippen LogP contribution in [0.5, 0.6) is 5.75 Å². The van der Waals surface area contributed by atoms with Crippen molar-refractivity contribution >= 4 is 22.3 Å². The lowest BCUT2D eigenvalue weighted by atomic mass is 10.1. The second kappa shape index (κ2) is 10.4. The molecule has 6 nitrogen and oxygen atoms in total. The first kappa shape index (κ1) is 20.6. The zero-order chi connectivity index (χ0) is 20.5. The van der Waals surface area contributed by atoms with Gasteiger partial charge in [-0.3, -0.25) is 0 Å². The zero-order valence-electron chi connectivity index (χ0n) is 16.7. The standard InChI is InChI=1S/C23H26N2O4/c1-2-3-4-5-6-7-16-28-21-12-9-19(10-13-21)24-25(27)20-11-14-22-18(17-20)8-15-23(26)29-22/h8-15,17H,2-7,16H2,1H3. The van der Waals surface area contributed by atoms with E-state index in [-0.39, 0.29) is 0 Å². The molecule has 0 saturated carbocycles. The average molecular weight is 394 g/mol. The first-order valence-corrected chi connectivity index (χ1v) is 10.1. The summed E-state index contributed by atoms with van der Waals surface area (Å²) in [6.45, 7) is 2.91. The summed E-state index contributed by atoms with van der Waals surface area (Å²) >= 11 is 0. The van der Waals surface area contributed by atoms with E-state index in [1.165, 1.54) is 38.2 Å². The van der Waals surface area contributed by atoms with Gasteiger partial charge in [-0.15, -0.1) is 0 Å². The van der Waals surface area contributed by atoms with Gasteiger partial charge < -0.3 is 14.4 Å². The molecule has 0 aliphatic heterocycles. The van der Waals surface area contributed by atoms with Crippen LogP contribution in [0, 0.1) is 5.21 Å². The molecule has 29 heavy (non-hydrogen) atoms. The largest absolute Gasteiger partial charge is 0.594 e. The van der Waals surface area contributed by atoms with E-state index in [1.807, 2.05) is 12.1 Å². The average Bonchev–Trinajstić information content (AvgIpc) is 2.74. The van der Waals surface area contributed by atoms with E-state index in [2.05, 4.69) is 12.0 Å². The van der Waals surface area contributed by atoms with E-state index < -0.39 is 5.63 Å². The number of rotatable bonds is 10. The summed E-state index contributed by atoms with van der Waals surface area (Å²) in [7, 11) is 0. The van der Waals surface area contributed by atoms with Crippen molar-refractivity contribution in [3.63, 3.8) is 0 Å². The van der Waals surface area contributed by atoms with E-state index in [9.17, 15) is 10.0 Å². The van der Waals surface area contributed by atoms with Crippen molar-refractivity contribution in [1.29, 1.82) is 0 Å². The first-order chi connectivity index (χ1) is 14.2. The van der Waals surface area contributed by atoms with Crippen LogP contribution in [-0.4, -0.2) is 11.5 Å². The topological polar surface area (TPSA) is 77.9 Å². The highest BCUT2D eigenvalue weighted by atomic mass is 16.5. The van der Waals surface area contributed by atoms with Gasteiger partial charge in [0.25, 0.3) is 0 Å². The van der Waals surface area contributed by atoms with Crippen LogP contribution >= 0.6 is 0 Å². The predicted molar refractivity (Wildman–Crippen MR) is 113 cm³/mol. The third-order valence-electron chi connectivity index (χ3n) is 4.63. The molecule has 0 N–H and O–H groups in total. The Labute approximate surface area is 170 Å². The summed E-state index contributed by atoms with van der Waals surface area (Å²) in [5.74, 6) is 0.774. The molecule has 6 heteroatoms. The lowest BCUT2D eigenvalue weighted by molar-refractivity contribution is -0.435. The number of fused-ring (bicyclic) bond motifs is 1. The molecule has 3 rings (SSSR count). The molecule has 2 aromatic carbocycles. The number of nitrogens with zero attached hydrogens (tertiary/aromatic N) is 2. The molecule has 3 aromatic rings. The van der Waals surface area contributed by atoms with Crippen molar-refractivity contribution in [3.8, 4) is 5.75 Å². The second-order valence-corrected chi connectivity index (χ2v) is 6.96. The van der Waals surface area contributed by atoms with Crippen LogP contribution in [0.25, 0.3) is 11.0 Å². The third-order valence-corrected chi connectivity index (χ3v) is 4.63. The fraction of sp³-hybridized carbons (Fsp3) is 0.348. The van der Waals surface area contributed by atoms with Crippen molar-refractivity contribution < 1.29 is 14.0 Å². The van der Waals surface area contributed by atoms with Crippen LogP contribution in [-0.2, 0) is 0 Å². The lowest BCUT2D eigenvalue weighted by Gasteiger charge is -2.06. The van der Waals surface area contributed by atoms with Gasteiger partial charge in [-0.25, -0.2) is 4.79 Å². The number of azo groups is 1. The quantitative estimate of drug-likeness (QED) is 0.130. The summed E-state index contributed by atoms with van der Waals surface area (Å²) in [5.41, 5.74) is 0.899. The maximum atomic E-state index is 12.4. The summed E-state index contributed by atoms with van der Waals surface area (Å²) < 4.78 is 10.8. The SMILES string of the molecule is CCCCCCCCOc1ccc(N=[N+]([O-])c2ccc3oc(=O)ccc3c2)cc1. The minimum Gasteiger partial charge on any atom is -0.594 e. The van der Waals surface area contributed by atoms with Gasteiger partial charge in [0.05, 0.1) is 6.61 Å². The monoisotopic (exact) mass is 394 g/mol. The Morgan fingerprint density at radius 2 is 1.72 bits per heavy atom. The molecular formula is C23H26N2O4. The van der Waals surface area contributed by atoms with Crippen molar-refractivity contribution in [2.24, 2.45) is 5.11 Å². The number of benzene rings is 2. The lowest BCUT2D eigenvalue weighted by Crippen LogP contribution is -1.97. The van der Waals surface area contributed by atoms with Gasteiger partial charge >= 0.3 is 5.63 Å². The Balaban J connectivity index is 1.56. The number of hydrogen-bond acceptors (Lipinski definition) is 5. The predicted octanol–water partition coefficient (Wildman–Crippen LogP) is 6.46. The number of unbranched alkanes of at least 4 members (excludes halogenated alkanes) is 5. The Kier molecular flexibility index (Phi) is 7.39. The molecule has 0 fully saturated rings. The van der Waals surface area contributed by atoms with Crippen molar-refractivity contribution in [2.75, 3.05) is 6.61 Å². The van der Waals surface area contributed by atoms with Gasteiger partial charge in [-0.05, 0) is 42.8 Å². The molecule has 1 aromatic heterocycles. The van der Waals surface area contributed by atoms with E-state index in [0.717, 1.165) is 12.2 Å². The van der Waals surface area contributed by atoms with Gasteiger partial charge in [-0.1, -0.05) is 43.9 Å². The van der Waals surface area contributed by atoms with Crippen LogP contribution in [0.3, 0.4) is 0 Å². The highest BCUT2D eigenvalue weighted by Crippen LogP contribution is 2.23. The van der Waals surface area contributed by atoms with Gasteiger partial charge in [-0.2, -0.15) is 0 Å². The Morgan fingerprint density at radius 3 is 2.52 bits per heavy atom. The van der Waals surface area contributed by atoms with Gasteiger partial charge in [0, 0.05) is 28.7 Å². The van der Waals surface area contributed by atoms with Crippen molar-refractivity contribution in [1.82, 2.24) is 0 Å². The van der Waals surface area contributed by atoms with Gasteiger partial charge in [0.2, 0.25) is 5.69 Å². The van der Waals surface area contributed by atoms with Crippen LogP contribution in [0.1, 0.15) is 45.4 Å². The molecular weight excluding hydrogens is 368 g/mol. The second-order valence-electron chi connectivity index (χ2n) is 6.96. The van der Waals surface area contributed by atoms with Crippen molar-refractivity contribution in [3.05, 3.63) is 70.2 Å². The van der Waals surface area contributed by atoms with E-state index in [1.54, 1.807) is 36.4 Å². The molecule has 152 valence electrons. The summed E-state index contributed by atoms with van der Waals surface area (Å²) in [6.07, 6.45) is 7.35. The fourth-order valence-corrected chi connectivity index (χ4v) is 3.02. The van der Waals surface area contributed by atoms with E-state index in [0.29, 0.717) is 33.8 Å². The Morgan fingerprint density at radius 1 is 0.966 bits per heavy atom. The van der Waals surface area contributed by atoms with Gasteiger partial charge in [0.15, 0.2) is 0 Å². The molecule has 0 aliphatic carbocycles. The maximum Gasteiger partial charge on any atom is 0.336 e.